The van der Waals surface area contributed by atoms with Crippen LogP contribution in [0.4, 0.5) is 4.39 Å². The van der Waals surface area contributed by atoms with Crippen molar-refractivity contribution in [2.75, 3.05) is 26.2 Å². The molecule has 2 aliphatic rings. The first kappa shape index (κ1) is 20.4. The SMILES string of the molecule is Fc1ccc2c(c1)CCN(C1CCN(C(c3ccccc3)c3ccccc3)CC1)CC2. The second-order valence-electron chi connectivity index (χ2n) is 8.94. The highest BCUT2D eigenvalue weighted by Crippen LogP contribution is 2.32. The Morgan fingerprint density at radius 1 is 0.677 bits per heavy atom. The normalized spacial score (nSPS) is 18.6. The van der Waals surface area contributed by atoms with Crippen LogP contribution < -0.4 is 0 Å². The molecule has 1 fully saturated rings. The highest BCUT2D eigenvalue weighted by atomic mass is 19.1. The fraction of sp³-hybridized carbons (Fsp3) is 0.357. The van der Waals surface area contributed by atoms with Crippen molar-refractivity contribution in [1.82, 2.24) is 9.80 Å². The summed E-state index contributed by atoms with van der Waals surface area (Å²) in [5.74, 6) is -0.103. The molecule has 2 nitrogen and oxygen atoms in total. The van der Waals surface area contributed by atoms with Gasteiger partial charge in [0.2, 0.25) is 0 Å². The predicted octanol–water partition coefficient (Wildman–Crippen LogP) is 5.48. The van der Waals surface area contributed by atoms with Crippen LogP contribution >= 0.6 is 0 Å². The molecule has 0 atom stereocenters. The molecule has 2 aliphatic heterocycles. The molecule has 0 N–H and O–H groups in total. The number of rotatable bonds is 4. The highest BCUT2D eigenvalue weighted by molar-refractivity contribution is 5.32. The summed E-state index contributed by atoms with van der Waals surface area (Å²) in [5, 5.41) is 0. The van der Waals surface area contributed by atoms with Crippen molar-refractivity contribution in [2.45, 2.75) is 37.8 Å². The van der Waals surface area contributed by atoms with Crippen molar-refractivity contribution in [3.63, 3.8) is 0 Å². The standard InChI is InChI=1S/C28H31FN2/c29-26-12-11-22-13-17-30(18-14-25(22)21-26)27-15-19-31(20-16-27)28(23-7-3-1-4-8-23)24-9-5-2-6-10-24/h1-12,21,27-28H,13-20H2. The van der Waals surface area contributed by atoms with Gasteiger partial charge < -0.3 is 0 Å². The van der Waals surface area contributed by atoms with Crippen molar-refractivity contribution < 1.29 is 4.39 Å². The van der Waals surface area contributed by atoms with E-state index in [1.807, 2.05) is 6.07 Å². The van der Waals surface area contributed by atoms with Crippen molar-refractivity contribution in [1.29, 1.82) is 0 Å². The number of fused-ring (bicyclic) bond motifs is 1. The zero-order valence-corrected chi connectivity index (χ0v) is 18.1. The topological polar surface area (TPSA) is 6.48 Å². The van der Waals surface area contributed by atoms with Gasteiger partial charge in [-0.1, -0.05) is 66.7 Å². The number of piperidine rings is 1. The molecule has 3 heteroatoms. The Morgan fingerprint density at radius 2 is 1.26 bits per heavy atom. The lowest BCUT2D eigenvalue weighted by Gasteiger charge is -2.41. The molecule has 3 aromatic rings. The Kier molecular flexibility index (Phi) is 6.15. The number of nitrogens with zero attached hydrogens (tertiary/aromatic N) is 2. The summed E-state index contributed by atoms with van der Waals surface area (Å²) in [4.78, 5) is 5.32. The summed E-state index contributed by atoms with van der Waals surface area (Å²) in [6, 6.07) is 28.1. The van der Waals surface area contributed by atoms with Gasteiger partial charge in [-0.05, 0) is 60.1 Å². The van der Waals surface area contributed by atoms with E-state index in [1.54, 1.807) is 12.1 Å². The van der Waals surface area contributed by atoms with Crippen LogP contribution in [0.15, 0.2) is 78.9 Å². The van der Waals surface area contributed by atoms with Gasteiger partial charge in [-0.25, -0.2) is 4.39 Å². The molecular weight excluding hydrogens is 383 g/mol. The van der Waals surface area contributed by atoms with Gasteiger partial charge >= 0.3 is 0 Å². The smallest absolute Gasteiger partial charge is 0.123 e. The fourth-order valence-corrected chi connectivity index (χ4v) is 5.47. The third-order valence-electron chi connectivity index (χ3n) is 7.12. The lowest BCUT2D eigenvalue weighted by atomic mass is 9.93. The Hall–Kier alpha value is -2.49. The van der Waals surface area contributed by atoms with Gasteiger partial charge in [-0.3, -0.25) is 9.80 Å². The molecule has 0 unspecified atom stereocenters. The van der Waals surface area contributed by atoms with Crippen LogP contribution in [0.25, 0.3) is 0 Å². The molecule has 0 radical (unpaired) electrons. The Bertz CT molecular complexity index is 941. The van der Waals surface area contributed by atoms with Gasteiger partial charge in [0, 0.05) is 32.2 Å². The molecule has 0 spiro atoms. The van der Waals surface area contributed by atoms with Crippen LogP contribution in [0.1, 0.15) is 41.1 Å². The summed E-state index contributed by atoms with van der Waals surface area (Å²) in [6.45, 7) is 4.35. The van der Waals surface area contributed by atoms with Gasteiger partial charge in [-0.15, -0.1) is 0 Å². The first-order chi connectivity index (χ1) is 15.3. The van der Waals surface area contributed by atoms with Gasteiger partial charge in [-0.2, -0.15) is 0 Å². The third-order valence-corrected chi connectivity index (χ3v) is 7.12. The van der Waals surface area contributed by atoms with Crippen molar-refractivity contribution in [3.05, 3.63) is 107 Å². The number of benzene rings is 3. The van der Waals surface area contributed by atoms with Crippen LogP contribution in [0.2, 0.25) is 0 Å². The van der Waals surface area contributed by atoms with E-state index < -0.39 is 0 Å². The molecule has 0 saturated carbocycles. The number of halogens is 1. The first-order valence-electron chi connectivity index (χ1n) is 11.6. The van der Waals surface area contributed by atoms with E-state index in [-0.39, 0.29) is 5.82 Å². The van der Waals surface area contributed by atoms with Crippen LogP contribution in [-0.2, 0) is 12.8 Å². The van der Waals surface area contributed by atoms with Crippen LogP contribution in [0, 0.1) is 5.82 Å². The van der Waals surface area contributed by atoms with Crippen LogP contribution in [0.5, 0.6) is 0 Å². The average molecular weight is 415 g/mol. The minimum Gasteiger partial charge on any atom is -0.300 e. The average Bonchev–Trinajstić information content (AvgIpc) is 3.03. The lowest BCUT2D eigenvalue weighted by molar-refractivity contribution is 0.0953. The largest absolute Gasteiger partial charge is 0.300 e. The van der Waals surface area contributed by atoms with E-state index in [9.17, 15) is 4.39 Å². The molecule has 5 rings (SSSR count). The fourth-order valence-electron chi connectivity index (χ4n) is 5.47. The molecule has 0 aliphatic carbocycles. The Morgan fingerprint density at radius 3 is 1.87 bits per heavy atom. The third kappa shape index (κ3) is 4.58. The van der Waals surface area contributed by atoms with Crippen molar-refractivity contribution >= 4 is 0 Å². The molecule has 3 aromatic carbocycles. The number of hydrogen-bond donors (Lipinski definition) is 0. The Balaban J connectivity index is 1.27. The maximum Gasteiger partial charge on any atom is 0.123 e. The maximum absolute atomic E-state index is 13.7. The van der Waals surface area contributed by atoms with E-state index in [2.05, 4.69) is 70.5 Å². The zero-order chi connectivity index (χ0) is 21.0. The number of likely N-dealkylation sites (tertiary alicyclic amines) is 1. The zero-order valence-electron chi connectivity index (χ0n) is 18.1. The van der Waals surface area contributed by atoms with Gasteiger partial charge in [0.05, 0.1) is 6.04 Å². The summed E-state index contributed by atoms with van der Waals surface area (Å²) in [5.41, 5.74) is 5.28. The van der Waals surface area contributed by atoms with Crippen LogP contribution in [-0.4, -0.2) is 42.0 Å². The van der Waals surface area contributed by atoms with E-state index in [0.717, 1.165) is 39.0 Å². The number of hydrogen-bond acceptors (Lipinski definition) is 2. The molecule has 2 heterocycles. The van der Waals surface area contributed by atoms with Crippen molar-refractivity contribution in [3.8, 4) is 0 Å². The molecule has 0 aromatic heterocycles. The lowest BCUT2D eigenvalue weighted by Crippen LogP contribution is -2.46. The molecular formula is C28H31FN2. The van der Waals surface area contributed by atoms with E-state index in [0.29, 0.717) is 12.1 Å². The predicted molar refractivity (Wildman–Crippen MR) is 125 cm³/mol. The minimum absolute atomic E-state index is 0.103. The van der Waals surface area contributed by atoms with Gasteiger partial charge in [0.15, 0.2) is 0 Å². The second-order valence-corrected chi connectivity index (χ2v) is 8.94. The van der Waals surface area contributed by atoms with Crippen molar-refractivity contribution in [2.24, 2.45) is 0 Å². The monoisotopic (exact) mass is 414 g/mol. The van der Waals surface area contributed by atoms with E-state index in [1.165, 1.54) is 35.1 Å². The first-order valence-corrected chi connectivity index (χ1v) is 11.6. The second kappa shape index (κ2) is 9.33. The Labute approximate surface area is 185 Å². The molecule has 0 bridgehead atoms. The molecule has 0 amide bonds. The maximum atomic E-state index is 13.7. The van der Waals surface area contributed by atoms with Gasteiger partial charge in [0.1, 0.15) is 5.82 Å². The minimum atomic E-state index is -0.103. The van der Waals surface area contributed by atoms with E-state index in [4.69, 9.17) is 0 Å². The highest BCUT2D eigenvalue weighted by Gasteiger charge is 2.30. The summed E-state index contributed by atoms with van der Waals surface area (Å²) in [7, 11) is 0. The molecule has 1 saturated heterocycles. The summed E-state index contributed by atoms with van der Waals surface area (Å²) < 4.78 is 13.7. The molecule has 160 valence electrons. The molecule has 31 heavy (non-hydrogen) atoms. The van der Waals surface area contributed by atoms with Gasteiger partial charge in [0.25, 0.3) is 0 Å². The summed E-state index contributed by atoms with van der Waals surface area (Å²) >= 11 is 0. The van der Waals surface area contributed by atoms with E-state index >= 15 is 0 Å². The summed E-state index contributed by atoms with van der Waals surface area (Å²) in [6.07, 6.45) is 4.39. The van der Waals surface area contributed by atoms with Crippen LogP contribution in [0.3, 0.4) is 0 Å². The quantitative estimate of drug-likeness (QED) is 0.558.